The zero-order chi connectivity index (χ0) is 13.0. The average molecular weight is 315 g/mol. The van der Waals surface area contributed by atoms with Gasteiger partial charge in [0, 0.05) is 18.0 Å². The van der Waals surface area contributed by atoms with E-state index in [-0.39, 0.29) is 11.0 Å². The molecule has 5 nitrogen and oxygen atoms in total. The lowest BCUT2D eigenvalue weighted by Gasteiger charge is -2.34. The third-order valence-electron chi connectivity index (χ3n) is 3.04. The molecule has 1 saturated heterocycles. The number of benzene rings is 1. The number of hydrogen-bond acceptors (Lipinski definition) is 4. The number of ether oxygens (including phenoxy) is 1. The summed E-state index contributed by atoms with van der Waals surface area (Å²) in [6, 6.07) is 9.32. The lowest BCUT2D eigenvalue weighted by Crippen LogP contribution is -2.44. The van der Waals surface area contributed by atoms with Gasteiger partial charge in [-0.1, -0.05) is 30.3 Å². The van der Waals surface area contributed by atoms with Crippen LogP contribution in [0, 0.1) is 10.1 Å². The maximum atomic E-state index is 11.1. The minimum Gasteiger partial charge on any atom is -0.379 e. The molecular formula is C12H15BrN2O3. The molecule has 0 aromatic heterocycles. The summed E-state index contributed by atoms with van der Waals surface area (Å²) in [5.41, 5.74) is 0.956. The van der Waals surface area contributed by atoms with E-state index in [1.807, 2.05) is 30.3 Å². The van der Waals surface area contributed by atoms with Crippen molar-refractivity contribution in [2.75, 3.05) is 26.3 Å². The summed E-state index contributed by atoms with van der Waals surface area (Å²) in [6.07, 6.45) is 0. The maximum Gasteiger partial charge on any atom is 0.285 e. The van der Waals surface area contributed by atoms with Gasteiger partial charge in [-0.15, -0.1) is 0 Å². The zero-order valence-corrected chi connectivity index (χ0v) is 11.5. The molecule has 0 unspecified atom stereocenters. The summed E-state index contributed by atoms with van der Waals surface area (Å²) in [5, 5.41) is 11.1. The predicted molar refractivity (Wildman–Crippen MR) is 71.3 cm³/mol. The lowest BCUT2D eigenvalue weighted by atomic mass is 10.0. The van der Waals surface area contributed by atoms with Gasteiger partial charge in [0.05, 0.1) is 13.2 Å². The fourth-order valence-corrected chi connectivity index (χ4v) is 2.80. The van der Waals surface area contributed by atoms with E-state index in [1.54, 1.807) is 0 Å². The molecular weight excluding hydrogens is 300 g/mol. The Morgan fingerprint density at radius 3 is 2.44 bits per heavy atom. The zero-order valence-electron chi connectivity index (χ0n) is 9.87. The van der Waals surface area contributed by atoms with Crippen molar-refractivity contribution in [1.29, 1.82) is 0 Å². The minimum absolute atomic E-state index is 0.259. The van der Waals surface area contributed by atoms with Crippen LogP contribution in [0.2, 0.25) is 0 Å². The van der Waals surface area contributed by atoms with Crippen molar-refractivity contribution in [3.05, 3.63) is 46.0 Å². The molecule has 1 aliphatic rings. The molecule has 2 rings (SSSR count). The van der Waals surface area contributed by atoms with Crippen molar-refractivity contribution in [1.82, 2.24) is 4.90 Å². The summed E-state index contributed by atoms with van der Waals surface area (Å²) < 4.78 is 5.30. The van der Waals surface area contributed by atoms with Gasteiger partial charge in [-0.3, -0.25) is 15.0 Å². The van der Waals surface area contributed by atoms with Crippen LogP contribution in [0.25, 0.3) is 0 Å². The lowest BCUT2D eigenvalue weighted by molar-refractivity contribution is -0.501. The van der Waals surface area contributed by atoms with E-state index in [4.69, 9.17) is 4.74 Å². The fourth-order valence-electron chi connectivity index (χ4n) is 2.16. The van der Waals surface area contributed by atoms with E-state index < -0.39 is 4.95 Å². The molecule has 1 heterocycles. The number of rotatable bonds is 4. The second-order valence-corrected chi connectivity index (χ2v) is 5.10. The van der Waals surface area contributed by atoms with Crippen molar-refractivity contribution in [3.63, 3.8) is 0 Å². The Morgan fingerprint density at radius 1 is 1.28 bits per heavy atom. The number of nitrogens with zero attached hydrogens (tertiary/aromatic N) is 2. The second-order valence-electron chi connectivity index (χ2n) is 4.16. The largest absolute Gasteiger partial charge is 0.379 e. The summed E-state index contributed by atoms with van der Waals surface area (Å²) in [5.74, 6) is 0. The van der Waals surface area contributed by atoms with E-state index in [0.29, 0.717) is 13.2 Å². The maximum absolute atomic E-state index is 11.1. The number of alkyl halides is 1. The molecule has 0 aliphatic carbocycles. The van der Waals surface area contributed by atoms with Crippen molar-refractivity contribution in [2.45, 2.75) is 11.0 Å². The first-order chi connectivity index (χ1) is 8.70. The molecule has 0 N–H and O–H groups in total. The highest BCUT2D eigenvalue weighted by atomic mass is 79.9. The van der Waals surface area contributed by atoms with Crippen LogP contribution < -0.4 is 0 Å². The molecule has 0 spiro atoms. The summed E-state index contributed by atoms with van der Waals surface area (Å²) in [7, 11) is 0. The van der Waals surface area contributed by atoms with Gasteiger partial charge in [-0.25, -0.2) is 0 Å². The third kappa shape index (κ3) is 3.07. The summed E-state index contributed by atoms with van der Waals surface area (Å²) in [4.78, 5) is 12.1. The van der Waals surface area contributed by atoms with Gasteiger partial charge in [0.1, 0.15) is 6.04 Å². The van der Waals surface area contributed by atoms with Crippen LogP contribution in [0.5, 0.6) is 0 Å². The average Bonchev–Trinajstić information content (AvgIpc) is 2.41. The van der Waals surface area contributed by atoms with Gasteiger partial charge in [0.15, 0.2) is 0 Å². The topological polar surface area (TPSA) is 55.6 Å². The molecule has 2 atom stereocenters. The molecule has 98 valence electrons. The van der Waals surface area contributed by atoms with E-state index in [0.717, 1.165) is 18.7 Å². The molecule has 0 amide bonds. The van der Waals surface area contributed by atoms with E-state index >= 15 is 0 Å². The molecule has 18 heavy (non-hydrogen) atoms. The summed E-state index contributed by atoms with van der Waals surface area (Å²) in [6.45, 7) is 2.69. The number of halogens is 1. The number of morpholine rings is 1. The number of nitro groups is 1. The van der Waals surface area contributed by atoms with Gasteiger partial charge in [0.25, 0.3) is 4.95 Å². The molecule has 1 aliphatic heterocycles. The highest BCUT2D eigenvalue weighted by molar-refractivity contribution is 9.09. The quantitative estimate of drug-likeness (QED) is 0.369. The molecule has 6 heteroatoms. The molecule has 1 aromatic carbocycles. The molecule has 0 saturated carbocycles. The van der Waals surface area contributed by atoms with Crippen LogP contribution in [0.4, 0.5) is 0 Å². The Morgan fingerprint density at radius 2 is 1.89 bits per heavy atom. The van der Waals surface area contributed by atoms with E-state index in [1.165, 1.54) is 0 Å². The van der Waals surface area contributed by atoms with Crippen molar-refractivity contribution < 1.29 is 9.66 Å². The SMILES string of the molecule is O=[N+]([O-])[C@H](Br)[C@@H](c1ccccc1)N1CCOCC1. The first-order valence-corrected chi connectivity index (χ1v) is 6.76. The Bertz CT molecular complexity index is 396. The number of hydrogen-bond donors (Lipinski definition) is 0. The smallest absolute Gasteiger partial charge is 0.285 e. The van der Waals surface area contributed by atoms with Crippen LogP contribution in [0.1, 0.15) is 11.6 Å². The first-order valence-electron chi connectivity index (χ1n) is 5.84. The molecule has 1 fully saturated rings. The molecule has 0 radical (unpaired) electrons. The third-order valence-corrected chi connectivity index (χ3v) is 3.88. The van der Waals surface area contributed by atoms with Crippen molar-refractivity contribution in [3.8, 4) is 0 Å². The second kappa shape index (κ2) is 6.26. The van der Waals surface area contributed by atoms with Gasteiger partial charge in [0.2, 0.25) is 0 Å². The Hall–Kier alpha value is -0.980. The van der Waals surface area contributed by atoms with Crippen molar-refractivity contribution in [2.24, 2.45) is 0 Å². The minimum atomic E-state index is -0.807. The monoisotopic (exact) mass is 314 g/mol. The van der Waals surface area contributed by atoms with Crippen LogP contribution in [-0.2, 0) is 4.74 Å². The van der Waals surface area contributed by atoms with Gasteiger partial charge in [-0.2, -0.15) is 0 Å². The van der Waals surface area contributed by atoms with E-state index in [9.17, 15) is 10.1 Å². The van der Waals surface area contributed by atoms with Gasteiger partial charge < -0.3 is 4.74 Å². The van der Waals surface area contributed by atoms with Crippen LogP contribution in [0.3, 0.4) is 0 Å². The fraction of sp³-hybridized carbons (Fsp3) is 0.500. The first kappa shape index (κ1) is 13.5. The Balaban J connectivity index is 2.25. The summed E-state index contributed by atoms with van der Waals surface area (Å²) >= 11 is 3.20. The molecule has 1 aromatic rings. The van der Waals surface area contributed by atoms with Crippen LogP contribution in [-0.4, -0.2) is 41.1 Å². The predicted octanol–water partition coefficient (Wildman–Crippen LogP) is 2.06. The Kier molecular flexibility index (Phi) is 4.68. The Labute approximate surface area is 114 Å². The van der Waals surface area contributed by atoms with Crippen molar-refractivity contribution >= 4 is 15.9 Å². The normalized spacial score (nSPS) is 20.3. The van der Waals surface area contributed by atoms with Gasteiger partial charge >= 0.3 is 0 Å². The highest BCUT2D eigenvalue weighted by Gasteiger charge is 2.35. The van der Waals surface area contributed by atoms with E-state index in [2.05, 4.69) is 20.8 Å². The molecule has 0 bridgehead atoms. The van der Waals surface area contributed by atoms with Gasteiger partial charge in [-0.05, 0) is 21.5 Å². The highest BCUT2D eigenvalue weighted by Crippen LogP contribution is 2.29. The van der Waals surface area contributed by atoms with Crippen LogP contribution >= 0.6 is 15.9 Å². The standard InChI is InChI=1S/C12H15BrN2O3/c13-12(15(16)17)11(10-4-2-1-3-5-10)14-6-8-18-9-7-14/h1-5,11-12H,6-9H2/t11-,12+/m1/s1. The van der Waals surface area contributed by atoms with Crippen LogP contribution in [0.15, 0.2) is 30.3 Å².